The molecule has 8 heteroatoms. The molecule has 29 heavy (non-hydrogen) atoms. The molecule has 0 saturated heterocycles. The van der Waals surface area contributed by atoms with Crippen molar-refractivity contribution in [2.24, 2.45) is 0 Å². The molecule has 1 aromatic heterocycles. The van der Waals surface area contributed by atoms with Crippen LogP contribution in [0.5, 0.6) is 0 Å². The van der Waals surface area contributed by atoms with Crippen LogP contribution in [0.15, 0.2) is 72.9 Å². The second kappa shape index (κ2) is 6.86. The molecule has 3 nitrogen and oxygen atoms in total. The molecule has 0 aliphatic rings. The fourth-order valence-corrected chi connectivity index (χ4v) is 3.51. The average molecular weight is 421 g/mol. The fourth-order valence-electron chi connectivity index (χ4n) is 3.29. The van der Waals surface area contributed by atoms with Gasteiger partial charge in [-0.2, -0.15) is 18.3 Å². The highest BCUT2D eigenvalue weighted by molar-refractivity contribution is 6.30. The van der Waals surface area contributed by atoms with Gasteiger partial charge in [0.05, 0.1) is 17.4 Å². The number of halogens is 5. The van der Waals surface area contributed by atoms with Crippen LogP contribution in [0.25, 0.3) is 16.6 Å². The molecule has 0 radical (unpaired) electrons. The number of fused-ring (bicyclic) bond motifs is 1. The van der Waals surface area contributed by atoms with Crippen LogP contribution in [0.3, 0.4) is 0 Å². The van der Waals surface area contributed by atoms with Gasteiger partial charge >= 0.3 is 6.18 Å². The quantitative estimate of drug-likeness (QED) is 0.437. The van der Waals surface area contributed by atoms with E-state index in [1.165, 1.54) is 18.3 Å². The van der Waals surface area contributed by atoms with Crippen LogP contribution >= 0.6 is 11.6 Å². The molecular weight excluding hydrogens is 408 g/mol. The lowest BCUT2D eigenvalue weighted by molar-refractivity contribution is -0.248. The Morgan fingerprint density at radius 1 is 0.897 bits per heavy atom. The number of para-hydroxylation sites is 1. The molecule has 0 spiro atoms. The van der Waals surface area contributed by atoms with E-state index in [0.29, 0.717) is 17.0 Å². The SMILES string of the molecule is OC(c1cc(F)cc(Cl)c1)(c1ccc2c(cnn2-c2ccccc2)c1)C(F)(F)F. The number of rotatable bonds is 3. The van der Waals surface area contributed by atoms with E-state index >= 15 is 0 Å². The van der Waals surface area contributed by atoms with Gasteiger partial charge in [0, 0.05) is 16.0 Å². The van der Waals surface area contributed by atoms with Crippen molar-refractivity contribution in [3.63, 3.8) is 0 Å². The Morgan fingerprint density at radius 2 is 1.62 bits per heavy atom. The highest BCUT2D eigenvalue weighted by Gasteiger charge is 2.56. The first kappa shape index (κ1) is 19.4. The van der Waals surface area contributed by atoms with Crippen molar-refractivity contribution in [1.29, 1.82) is 0 Å². The summed E-state index contributed by atoms with van der Waals surface area (Å²) in [6, 6.07) is 15.2. The monoisotopic (exact) mass is 420 g/mol. The molecule has 4 aromatic rings. The fraction of sp³-hybridized carbons (Fsp3) is 0.0952. The van der Waals surface area contributed by atoms with Crippen molar-refractivity contribution in [1.82, 2.24) is 9.78 Å². The molecule has 4 rings (SSSR count). The van der Waals surface area contributed by atoms with Crippen molar-refractivity contribution in [2.75, 3.05) is 0 Å². The van der Waals surface area contributed by atoms with Crippen LogP contribution in [-0.4, -0.2) is 21.1 Å². The number of hydrogen-bond donors (Lipinski definition) is 1. The zero-order chi connectivity index (χ0) is 20.8. The molecule has 0 fully saturated rings. The smallest absolute Gasteiger partial charge is 0.372 e. The molecule has 1 N–H and O–H groups in total. The van der Waals surface area contributed by atoms with E-state index in [4.69, 9.17) is 11.6 Å². The highest BCUT2D eigenvalue weighted by atomic mass is 35.5. The van der Waals surface area contributed by atoms with E-state index in [1.807, 2.05) is 18.2 Å². The number of aliphatic hydroxyl groups is 1. The Morgan fingerprint density at radius 3 is 2.28 bits per heavy atom. The maximum atomic E-state index is 14.0. The van der Waals surface area contributed by atoms with Gasteiger partial charge in [0.2, 0.25) is 5.60 Å². The number of nitrogens with zero attached hydrogens (tertiary/aromatic N) is 2. The Balaban J connectivity index is 1.90. The second-order valence-corrected chi connectivity index (χ2v) is 6.97. The lowest BCUT2D eigenvalue weighted by Crippen LogP contribution is -2.43. The summed E-state index contributed by atoms with van der Waals surface area (Å²) in [6.45, 7) is 0. The molecular formula is C21H13ClF4N2O. The lowest BCUT2D eigenvalue weighted by Gasteiger charge is -2.31. The molecule has 1 atom stereocenters. The van der Waals surface area contributed by atoms with E-state index < -0.39 is 28.7 Å². The largest absolute Gasteiger partial charge is 0.425 e. The summed E-state index contributed by atoms with van der Waals surface area (Å²) < 4.78 is 57.2. The number of benzene rings is 3. The second-order valence-electron chi connectivity index (χ2n) is 6.53. The molecule has 148 valence electrons. The molecule has 0 amide bonds. The Bertz CT molecular complexity index is 1170. The van der Waals surface area contributed by atoms with Crippen LogP contribution in [-0.2, 0) is 5.60 Å². The van der Waals surface area contributed by atoms with Gasteiger partial charge in [0.25, 0.3) is 0 Å². The van der Waals surface area contributed by atoms with Crippen LogP contribution < -0.4 is 0 Å². The minimum atomic E-state index is -5.12. The maximum absolute atomic E-state index is 14.0. The summed E-state index contributed by atoms with van der Waals surface area (Å²) in [6.07, 6.45) is -3.71. The molecule has 0 aliphatic carbocycles. The summed E-state index contributed by atoms with van der Waals surface area (Å²) >= 11 is 5.73. The Hall–Kier alpha value is -2.90. The third kappa shape index (κ3) is 3.26. The van der Waals surface area contributed by atoms with Gasteiger partial charge in [-0.05, 0) is 48.0 Å². The van der Waals surface area contributed by atoms with E-state index in [9.17, 15) is 22.7 Å². The standard InChI is InChI=1S/C21H13ClF4N2O/c22-16-9-15(10-17(23)11-16)20(29,21(24,25)26)14-6-7-19-13(8-14)12-27-28(19)18-4-2-1-3-5-18/h1-12,29H. The maximum Gasteiger partial charge on any atom is 0.425 e. The van der Waals surface area contributed by atoms with E-state index in [-0.39, 0.29) is 5.02 Å². The zero-order valence-corrected chi connectivity index (χ0v) is 15.4. The van der Waals surface area contributed by atoms with Crippen molar-refractivity contribution < 1.29 is 22.7 Å². The number of hydrogen-bond acceptors (Lipinski definition) is 2. The Labute approximate surface area is 167 Å². The van der Waals surface area contributed by atoms with Gasteiger partial charge in [-0.15, -0.1) is 0 Å². The third-order valence-corrected chi connectivity index (χ3v) is 4.90. The summed E-state index contributed by atoms with van der Waals surface area (Å²) in [4.78, 5) is 0. The van der Waals surface area contributed by atoms with Gasteiger partial charge in [-0.3, -0.25) is 0 Å². The first-order valence-corrected chi connectivity index (χ1v) is 8.87. The highest BCUT2D eigenvalue weighted by Crippen LogP contribution is 2.45. The zero-order valence-electron chi connectivity index (χ0n) is 14.7. The topological polar surface area (TPSA) is 38.1 Å². The van der Waals surface area contributed by atoms with Gasteiger partial charge < -0.3 is 5.11 Å². The summed E-state index contributed by atoms with van der Waals surface area (Å²) in [5, 5.41) is 15.1. The number of aromatic nitrogens is 2. The van der Waals surface area contributed by atoms with Gasteiger partial charge in [0.1, 0.15) is 5.82 Å². The molecule has 3 aromatic carbocycles. The normalized spacial score (nSPS) is 14.1. The Kier molecular flexibility index (Phi) is 4.59. The lowest BCUT2D eigenvalue weighted by atomic mass is 9.85. The van der Waals surface area contributed by atoms with Crippen molar-refractivity contribution in [3.8, 4) is 5.69 Å². The van der Waals surface area contributed by atoms with Crippen LogP contribution in [0.2, 0.25) is 5.02 Å². The summed E-state index contributed by atoms with van der Waals surface area (Å²) in [5.41, 5.74) is -3.32. The summed E-state index contributed by atoms with van der Waals surface area (Å²) in [5.74, 6) is -0.979. The molecule has 1 unspecified atom stereocenters. The molecule has 1 heterocycles. The molecule has 0 saturated carbocycles. The van der Waals surface area contributed by atoms with Gasteiger partial charge in [-0.1, -0.05) is 35.9 Å². The van der Waals surface area contributed by atoms with Crippen LogP contribution in [0, 0.1) is 5.82 Å². The minimum absolute atomic E-state index is 0.249. The predicted octanol–water partition coefficient (Wildman–Crippen LogP) is 5.62. The third-order valence-electron chi connectivity index (χ3n) is 4.68. The van der Waals surface area contributed by atoms with Gasteiger partial charge in [-0.25, -0.2) is 9.07 Å². The van der Waals surface area contributed by atoms with E-state index in [2.05, 4.69) is 5.10 Å². The molecule has 0 aliphatic heterocycles. The van der Waals surface area contributed by atoms with E-state index in [1.54, 1.807) is 16.8 Å². The average Bonchev–Trinajstić information content (AvgIpc) is 3.09. The van der Waals surface area contributed by atoms with Gasteiger partial charge in [0.15, 0.2) is 0 Å². The first-order chi connectivity index (χ1) is 13.7. The predicted molar refractivity (Wildman–Crippen MR) is 102 cm³/mol. The minimum Gasteiger partial charge on any atom is -0.372 e. The van der Waals surface area contributed by atoms with Crippen LogP contribution in [0.4, 0.5) is 17.6 Å². The summed E-state index contributed by atoms with van der Waals surface area (Å²) in [7, 11) is 0. The van der Waals surface area contributed by atoms with Crippen molar-refractivity contribution in [2.45, 2.75) is 11.8 Å². The van der Waals surface area contributed by atoms with Crippen molar-refractivity contribution in [3.05, 3.63) is 94.9 Å². The number of alkyl halides is 3. The van der Waals surface area contributed by atoms with E-state index in [0.717, 1.165) is 23.9 Å². The van der Waals surface area contributed by atoms with Crippen molar-refractivity contribution >= 4 is 22.5 Å². The van der Waals surface area contributed by atoms with Crippen LogP contribution in [0.1, 0.15) is 11.1 Å². The first-order valence-electron chi connectivity index (χ1n) is 8.49. The molecule has 0 bridgehead atoms.